The molecule has 5 rings (SSSR count). The number of unbranched alkanes of at least 4 members (excludes halogenated alkanes) is 4. The fraction of sp³-hybridized carbons (Fsp3) is 0.732. The Morgan fingerprint density at radius 3 is 2.28 bits per heavy atom. The number of carbonyl (C=O) groups is 6. The van der Waals surface area contributed by atoms with Gasteiger partial charge in [0.2, 0.25) is 35.4 Å². The predicted molar refractivity (Wildman–Crippen MR) is 212 cm³/mol. The highest BCUT2D eigenvalue weighted by atomic mass is 35.5. The van der Waals surface area contributed by atoms with Gasteiger partial charge in [0.25, 0.3) is 5.92 Å². The van der Waals surface area contributed by atoms with Crippen LogP contribution in [0.5, 0.6) is 5.88 Å². The van der Waals surface area contributed by atoms with E-state index in [1.807, 2.05) is 0 Å². The van der Waals surface area contributed by atoms with Crippen LogP contribution >= 0.6 is 11.6 Å². The molecule has 0 radical (unpaired) electrons. The van der Waals surface area contributed by atoms with Crippen molar-refractivity contribution in [3.8, 4) is 5.88 Å². The van der Waals surface area contributed by atoms with Gasteiger partial charge in [-0.05, 0) is 57.6 Å². The number of aromatic nitrogens is 1. The first kappa shape index (κ1) is 47.9. The number of nitrogens with zero attached hydrogens (tertiary/aromatic N) is 5. The predicted octanol–water partition coefficient (Wildman–Crippen LogP) is 4.16. The molecule has 20 heteroatoms. The maximum absolute atomic E-state index is 14.0. The summed E-state index contributed by atoms with van der Waals surface area (Å²) >= 11 is 6.23. The van der Waals surface area contributed by atoms with Crippen LogP contribution in [0, 0.1) is 11.3 Å². The number of rotatable bonds is 21. The number of hydrogen-bond acceptors (Lipinski definition) is 9. The summed E-state index contributed by atoms with van der Waals surface area (Å²) in [7, 11) is 4.88. The Bertz CT molecular complexity index is 1770. The minimum atomic E-state index is -5.22. The average Bonchev–Trinajstić information content (AvgIpc) is 3.90. The topological polar surface area (TPSA) is 162 Å². The lowest BCUT2D eigenvalue weighted by Gasteiger charge is -2.48. The molecule has 2 saturated heterocycles. The molecule has 3 heterocycles. The van der Waals surface area contributed by atoms with E-state index in [4.69, 9.17) is 16.3 Å². The van der Waals surface area contributed by atoms with E-state index in [0.717, 1.165) is 30.6 Å². The quantitative estimate of drug-likeness (QED) is 0.105. The molecule has 2 saturated carbocycles. The van der Waals surface area contributed by atoms with Gasteiger partial charge in [0.05, 0.1) is 30.2 Å². The van der Waals surface area contributed by atoms with Gasteiger partial charge in [0, 0.05) is 65.1 Å². The number of aldehydes is 1. The maximum atomic E-state index is 14.0. The summed E-state index contributed by atoms with van der Waals surface area (Å²) in [5, 5.41) is 6.11. The monoisotopic (exact) mass is 889 g/mol. The third-order valence-corrected chi connectivity index (χ3v) is 12.7. The van der Waals surface area contributed by atoms with Gasteiger partial charge in [0.15, 0.2) is 5.41 Å². The standard InChI is InChI=1S/C41H57ClF5N7O7/c1-25(56)53-20-30(21-53)61-35-27(17-28(42)19-49-35)18-31(48-2)36(58)51(3)15-9-7-5-6-8-11-29(22-55)52(4)37(59)33(26-13-14-26)50-34(57)32-12-10-16-54(32)38(60)39(41(45,46)47)23-40(43,44)24-39/h17,19,22,26,29-33,48H,5-16,18,20-21,23-24H2,1-4H3,(H,50,57)/t29-,31-,32-,33-/m0/s1. The molecule has 5 amide bonds. The van der Waals surface area contributed by atoms with Gasteiger partial charge in [-0.1, -0.05) is 37.3 Å². The van der Waals surface area contributed by atoms with E-state index >= 15 is 0 Å². The van der Waals surface area contributed by atoms with Crippen molar-refractivity contribution in [2.45, 2.75) is 133 Å². The van der Waals surface area contributed by atoms with E-state index in [0.29, 0.717) is 68.1 Å². The zero-order valence-electron chi connectivity index (χ0n) is 35.1. The van der Waals surface area contributed by atoms with Crippen molar-refractivity contribution >= 4 is 47.4 Å². The number of nitrogens with one attached hydrogen (secondary N) is 2. The van der Waals surface area contributed by atoms with Crippen molar-refractivity contribution in [3.05, 3.63) is 22.8 Å². The third kappa shape index (κ3) is 11.5. The van der Waals surface area contributed by atoms with Gasteiger partial charge in [-0.25, -0.2) is 13.8 Å². The normalized spacial score (nSPS) is 21.0. The van der Waals surface area contributed by atoms with Gasteiger partial charge in [-0.15, -0.1) is 0 Å². The Balaban J connectivity index is 1.04. The highest BCUT2D eigenvalue weighted by molar-refractivity contribution is 6.30. The van der Waals surface area contributed by atoms with Crippen LogP contribution in [0.4, 0.5) is 22.0 Å². The second-order valence-electron chi connectivity index (χ2n) is 17.1. The minimum absolute atomic E-state index is 0.0206. The van der Waals surface area contributed by atoms with E-state index < -0.39 is 72.2 Å². The first-order valence-corrected chi connectivity index (χ1v) is 21.4. The summed E-state index contributed by atoms with van der Waals surface area (Å²) in [6.45, 7) is 2.72. The first-order chi connectivity index (χ1) is 28.7. The number of pyridine rings is 1. The molecule has 0 aromatic carbocycles. The van der Waals surface area contributed by atoms with Gasteiger partial charge in [0.1, 0.15) is 24.5 Å². The Morgan fingerprint density at radius 2 is 1.69 bits per heavy atom. The van der Waals surface area contributed by atoms with Gasteiger partial charge in [-0.2, -0.15) is 13.2 Å². The molecule has 1 aromatic rings. The number of carbonyl (C=O) groups excluding carboxylic acids is 6. The number of ether oxygens (including phenoxy) is 1. The Labute approximate surface area is 357 Å². The number of halogens is 6. The van der Waals surface area contributed by atoms with Gasteiger partial charge < -0.3 is 39.8 Å². The highest BCUT2D eigenvalue weighted by Crippen LogP contribution is 2.61. The molecule has 2 aliphatic heterocycles. The number of hydrogen-bond donors (Lipinski definition) is 2. The zero-order chi connectivity index (χ0) is 44.9. The molecule has 340 valence electrons. The van der Waals surface area contributed by atoms with E-state index in [2.05, 4.69) is 15.6 Å². The third-order valence-electron chi connectivity index (χ3n) is 12.5. The van der Waals surface area contributed by atoms with Crippen LogP contribution in [0.1, 0.15) is 89.5 Å². The van der Waals surface area contributed by atoms with Crippen molar-refractivity contribution < 1.29 is 55.5 Å². The lowest BCUT2D eigenvalue weighted by molar-refractivity contribution is -0.299. The fourth-order valence-corrected chi connectivity index (χ4v) is 8.63. The molecular formula is C41H57ClF5N7O7. The molecule has 0 spiro atoms. The van der Waals surface area contributed by atoms with Gasteiger partial charge >= 0.3 is 6.18 Å². The molecule has 2 N–H and O–H groups in total. The van der Waals surface area contributed by atoms with Crippen molar-refractivity contribution in [1.29, 1.82) is 0 Å². The Kier molecular flexibility index (Phi) is 15.7. The number of likely N-dealkylation sites (N-methyl/N-ethyl adjacent to an activating group) is 3. The lowest BCUT2D eigenvalue weighted by atomic mass is 9.64. The van der Waals surface area contributed by atoms with Crippen LogP contribution in [-0.4, -0.2) is 150 Å². The fourth-order valence-electron chi connectivity index (χ4n) is 8.45. The van der Waals surface area contributed by atoms with E-state index in [9.17, 15) is 50.7 Å². The second-order valence-corrected chi connectivity index (χ2v) is 17.5. The number of alkyl halides is 5. The van der Waals surface area contributed by atoms with Gasteiger partial charge in [-0.3, -0.25) is 24.0 Å². The molecule has 14 nitrogen and oxygen atoms in total. The van der Waals surface area contributed by atoms with Crippen LogP contribution in [0.15, 0.2) is 12.3 Å². The molecule has 4 fully saturated rings. The molecular weight excluding hydrogens is 833 g/mol. The van der Waals surface area contributed by atoms with Crippen LogP contribution in [-0.2, 0) is 35.2 Å². The van der Waals surface area contributed by atoms with Crippen molar-refractivity contribution in [2.24, 2.45) is 11.3 Å². The summed E-state index contributed by atoms with van der Waals surface area (Å²) in [4.78, 5) is 87.0. The molecule has 4 atom stereocenters. The van der Waals surface area contributed by atoms with E-state index in [1.165, 1.54) is 25.1 Å². The summed E-state index contributed by atoms with van der Waals surface area (Å²) in [5.74, 6) is -6.57. The van der Waals surface area contributed by atoms with Crippen molar-refractivity contribution in [3.63, 3.8) is 0 Å². The molecule has 0 unspecified atom stereocenters. The minimum Gasteiger partial charge on any atom is -0.470 e. The smallest absolute Gasteiger partial charge is 0.403 e. The van der Waals surface area contributed by atoms with Crippen molar-refractivity contribution in [1.82, 2.24) is 35.2 Å². The zero-order valence-corrected chi connectivity index (χ0v) is 35.8. The largest absolute Gasteiger partial charge is 0.470 e. The van der Waals surface area contributed by atoms with Crippen molar-refractivity contribution in [2.75, 3.05) is 47.3 Å². The highest BCUT2D eigenvalue weighted by Gasteiger charge is 2.74. The SMILES string of the molecule is CN[C@@H](Cc1cc(Cl)cnc1OC1CN(C(C)=O)C1)C(=O)N(C)CCCCCCC[C@@H](C=O)N(C)C(=O)[C@@H](NC(=O)[C@@H]1CCCN1C(=O)C1(C(F)(F)F)CC(F)(F)C1)C1CC1. The summed E-state index contributed by atoms with van der Waals surface area (Å²) in [6.07, 6.45) is -0.856. The lowest BCUT2D eigenvalue weighted by Crippen LogP contribution is -2.65. The number of likely N-dealkylation sites (tertiary alicyclic amines) is 2. The molecule has 0 bridgehead atoms. The first-order valence-electron chi connectivity index (χ1n) is 21.0. The summed E-state index contributed by atoms with van der Waals surface area (Å²) < 4.78 is 75.3. The molecule has 2 aliphatic carbocycles. The summed E-state index contributed by atoms with van der Waals surface area (Å²) in [6, 6.07) is -2.05. The van der Waals surface area contributed by atoms with E-state index in [-0.39, 0.29) is 49.6 Å². The Hall–Kier alpha value is -4.13. The van der Waals surface area contributed by atoms with Crippen LogP contribution in [0.3, 0.4) is 0 Å². The maximum Gasteiger partial charge on any atom is 0.403 e. The second kappa shape index (κ2) is 19.9. The molecule has 4 aliphatic rings. The summed E-state index contributed by atoms with van der Waals surface area (Å²) in [5.41, 5.74) is -2.59. The average molecular weight is 890 g/mol. The molecule has 1 aromatic heterocycles. The Morgan fingerprint density at radius 1 is 1.03 bits per heavy atom. The van der Waals surface area contributed by atoms with E-state index in [1.54, 1.807) is 30.0 Å². The van der Waals surface area contributed by atoms with Crippen LogP contribution in [0.2, 0.25) is 5.02 Å². The van der Waals surface area contributed by atoms with Crippen LogP contribution < -0.4 is 15.4 Å². The van der Waals surface area contributed by atoms with Crippen LogP contribution in [0.25, 0.3) is 0 Å². The molecule has 61 heavy (non-hydrogen) atoms. The number of amides is 5.